The third-order valence-electron chi connectivity index (χ3n) is 3.44. The van der Waals surface area contributed by atoms with Gasteiger partial charge in [0.15, 0.2) is 11.4 Å². The van der Waals surface area contributed by atoms with Crippen molar-refractivity contribution in [2.45, 2.75) is 25.4 Å². The van der Waals surface area contributed by atoms with Gasteiger partial charge in [-0.1, -0.05) is 17.7 Å². The van der Waals surface area contributed by atoms with E-state index in [1.54, 1.807) is 10.6 Å². The van der Waals surface area contributed by atoms with Gasteiger partial charge in [0.05, 0.1) is 5.69 Å². The first-order chi connectivity index (χ1) is 10.2. The Morgan fingerprint density at radius 3 is 2.81 bits per heavy atom. The zero-order valence-corrected chi connectivity index (χ0v) is 11.9. The van der Waals surface area contributed by atoms with Gasteiger partial charge in [0.25, 0.3) is 0 Å². The van der Waals surface area contributed by atoms with Crippen LogP contribution in [0, 0.1) is 22.7 Å². The largest absolute Gasteiger partial charge is 0.310 e. The molecule has 1 N–H and O–H groups in total. The standard InChI is InChI=1S/C15H12ClN5/c16-11-2-1-10(8-19-12-3-4-12)14(5-11)21-9-20-13(6-17)15(21)7-18/h1-2,5,9,12,19H,3-4,8H2. The Hall–Kier alpha value is -2.34. The van der Waals surface area contributed by atoms with Gasteiger partial charge in [0.2, 0.25) is 0 Å². The Labute approximate surface area is 127 Å². The summed E-state index contributed by atoms with van der Waals surface area (Å²) in [6, 6.07) is 10.1. The molecule has 0 spiro atoms. The molecule has 104 valence electrons. The minimum Gasteiger partial charge on any atom is -0.310 e. The van der Waals surface area contributed by atoms with E-state index in [9.17, 15) is 5.26 Å². The first kappa shape index (κ1) is 13.6. The lowest BCUT2D eigenvalue weighted by molar-refractivity contribution is 0.684. The smallest absolute Gasteiger partial charge is 0.177 e. The number of nitrogens with zero attached hydrogens (tertiary/aromatic N) is 4. The van der Waals surface area contributed by atoms with Crippen LogP contribution >= 0.6 is 11.6 Å². The lowest BCUT2D eigenvalue weighted by atomic mass is 10.1. The molecule has 0 radical (unpaired) electrons. The number of nitrogens with one attached hydrogen (secondary N) is 1. The van der Waals surface area contributed by atoms with Crippen LogP contribution in [0.4, 0.5) is 0 Å². The molecule has 1 aliphatic rings. The van der Waals surface area contributed by atoms with E-state index in [0.717, 1.165) is 11.3 Å². The highest BCUT2D eigenvalue weighted by atomic mass is 35.5. The maximum atomic E-state index is 9.26. The second-order valence-corrected chi connectivity index (χ2v) is 5.40. The van der Waals surface area contributed by atoms with Gasteiger partial charge >= 0.3 is 0 Å². The summed E-state index contributed by atoms with van der Waals surface area (Å²) in [4.78, 5) is 3.98. The van der Waals surface area contributed by atoms with Gasteiger partial charge in [-0.2, -0.15) is 10.5 Å². The first-order valence-corrected chi connectivity index (χ1v) is 7.00. The van der Waals surface area contributed by atoms with E-state index in [4.69, 9.17) is 16.9 Å². The second-order valence-electron chi connectivity index (χ2n) is 4.96. The maximum absolute atomic E-state index is 9.26. The molecule has 1 aliphatic carbocycles. The summed E-state index contributed by atoms with van der Waals surface area (Å²) >= 11 is 6.08. The van der Waals surface area contributed by atoms with Crippen molar-refractivity contribution in [3.8, 4) is 17.8 Å². The highest BCUT2D eigenvalue weighted by Crippen LogP contribution is 2.24. The number of nitriles is 2. The molecule has 0 atom stereocenters. The Morgan fingerprint density at radius 2 is 2.14 bits per heavy atom. The van der Waals surface area contributed by atoms with Crippen LogP contribution in [0.1, 0.15) is 29.8 Å². The van der Waals surface area contributed by atoms with Crippen molar-refractivity contribution in [1.82, 2.24) is 14.9 Å². The van der Waals surface area contributed by atoms with Crippen LogP contribution in [0.2, 0.25) is 5.02 Å². The predicted octanol–water partition coefficient (Wildman–Crippen LogP) is 2.52. The summed E-state index contributed by atoms with van der Waals surface area (Å²) in [5, 5.41) is 22.3. The summed E-state index contributed by atoms with van der Waals surface area (Å²) in [6.07, 6.45) is 3.90. The molecule has 2 aromatic rings. The Bertz CT molecular complexity index is 761. The van der Waals surface area contributed by atoms with E-state index in [1.807, 2.05) is 24.3 Å². The van der Waals surface area contributed by atoms with Crippen molar-refractivity contribution in [2.75, 3.05) is 0 Å². The summed E-state index contributed by atoms with van der Waals surface area (Å²) in [5.41, 5.74) is 2.15. The molecule has 0 saturated heterocycles. The van der Waals surface area contributed by atoms with Crippen LogP contribution in [-0.2, 0) is 6.54 Å². The number of benzene rings is 1. The van der Waals surface area contributed by atoms with E-state index in [2.05, 4.69) is 10.3 Å². The predicted molar refractivity (Wildman–Crippen MR) is 77.9 cm³/mol. The number of imidazole rings is 1. The molecule has 21 heavy (non-hydrogen) atoms. The van der Waals surface area contributed by atoms with Crippen LogP contribution in [0.5, 0.6) is 0 Å². The topological polar surface area (TPSA) is 77.4 Å². The normalized spacial score (nSPS) is 13.7. The molecule has 6 heteroatoms. The molecule has 0 aliphatic heterocycles. The molecule has 1 aromatic carbocycles. The van der Waals surface area contributed by atoms with Crippen molar-refractivity contribution in [3.63, 3.8) is 0 Å². The monoisotopic (exact) mass is 297 g/mol. The van der Waals surface area contributed by atoms with Crippen molar-refractivity contribution in [2.24, 2.45) is 0 Å². The van der Waals surface area contributed by atoms with E-state index < -0.39 is 0 Å². The van der Waals surface area contributed by atoms with Crippen molar-refractivity contribution in [1.29, 1.82) is 10.5 Å². The lowest BCUT2D eigenvalue weighted by Gasteiger charge is -2.12. The summed E-state index contributed by atoms with van der Waals surface area (Å²) in [5.74, 6) is 0. The molecular formula is C15H12ClN5. The van der Waals surface area contributed by atoms with Gasteiger partial charge in [-0.25, -0.2) is 4.98 Å². The molecule has 3 rings (SSSR count). The molecule has 0 amide bonds. The van der Waals surface area contributed by atoms with Crippen LogP contribution < -0.4 is 5.32 Å². The number of aromatic nitrogens is 2. The SMILES string of the molecule is N#Cc1ncn(-c2cc(Cl)ccc2CNC2CC2)c1C#N. The van der Waals surface area contributed by atoms with Gasteiger partial charge in [0.1, 0.15) is 18.5 Å². The van der Waals surface area contributed by atoms with Gasteiger partial charge in [-0.3, -0.25) is 4.57 Å². The van der Waals surface area contributed by atoms with Crippen molar-refractivity contribution >= 4 is 11.6 Å². The Balaban J connectivity index is 2.04. The van der Waals surface area contributed by atoms with Gasteiger partial charge in [-0.15, -0.1) is 0 Å². The molecule has 1 aromatic heterocycles. The van der Waals surface area contributed by atoms with Crippen LogP contribution in [-0.4, -0.2) is 15.6 Å². The van der Waals surface area contributed by atoms with Crippen molar-refractivity contribution in [3.05, 3.63) is 46.5 Å². The second kappa shape index (κ2) is 5.57. The third kappa shape index (κ3) is 2.75. The van der Waals surface area contributed by atoms with Gasteiger partial charge in [0, 0.05) is 17.6 Å². The number of rotatable bonds is 4. The molecule has 0 bridgehead atoms. The fraction of sp³-hybridized carbons (Fsp3) is 0.267. The summed E-state index contributed by atoms with van der Waals surface area (Å²) < 4.78 is 1.62. The minimum absolute atomic E-state index is 0.124. The summed E-state index contributed by atoms with van der Waals surface area (Å²) in [7, 11) is 0. The van der Waals surface area contributed by atoms with Gasteiger partial charge in [-0.05, 0) is 30.5 Å². The zero-order chi connectivity index (χ0) is 14.8. The highest BCUT2D eigenvalue weighted by molar-refractivity contribution is 6.30. The minimum atomic E-state index is 0.124. The average molecular weight is 298 g/mol. The van der Waals surface area contributed by atoms with Crippen molar-refractivity contribution < 1.29 is 0 Å². The van der Waals surface area contributed by atoms with E-state index in [1.165, 1.54) is 19.2 Å². The Morgan fingerprint density at radius 1 is 1.33 bits per heavy atom. The molecule has 1 fully saturated rings. The first-order valence-electron chi connectivity index (χ1n) is 6.62. The van der Waals surface area contributed by atoms with E-state index >= 15 is 0 Å². The average Bonchev–Trinajstić information content (AvgIpc) is 3.23. The Kier molecular flexibility index (Phi) is 3.62. The fourth-order valence-corrected chi connectivity index (χ4v) is 2.34. The van der Waals surface area contributed by atoms with E-state index in [-0.39, 0.29) is 11.4 Å². The fourth-order valence-electron chi connectivity index (χ4n) is 2.17. The number of halogens is 1. The quantitative estimate of drug-likeness (QED) is 0.940. The number of hydrogen-bond donors (Lipinski definition) is 1. The van der Waals surface area contributed by atoms with Crippen LogP contribution in [0.3, 0.4) is 0 Å². The summed E-state index contributed by atoms with van der Waals surface area (Å²) in [6.45, 7) is 0.697. The molecule has 1 heterocycles. The highest BCUT2D eigenvalue weighted by Gasteiger charge is 2.21. The molecule has 1 saturated carbocycles. The lowest BCUT2D eigenvalue weighted by Crippen LogP contribution is -2.17. The van der Waals surface area contributed by atoms with Crippen LogP contribution in [0.25, 0.3) is 5.69 Å². The maximum Gasteiger partial charge on any atom is 0.177 e. The molecule has 0 unspecified atom stereocenters. The molecular weight excluding hydrogens is 286 g/mol. The van der Waals surface area contributed by atoms with Gasteiger partial charge < -0.3 is 5.32 Å². The number of hydrogen-bond acceptors (Lipinski definition) is 4. The van der Waals surface area contributed by atoms with Crippen LogP contribution in [0.15, 0.2) is 24.5 Å². The third-order valence-corrected chi connectivity index (χ3v) is 3.68. The molecule has 5 nitrogen and oxygen atoms in total. The van der Waals surface area contributed by atoms with E-state index in [0.29, 0.717) is 17.6 Å². The zero-order valence-electron chi connectivity index (χ0n) is 11.2.